The van der Waals surface area contributed by atoms with Gasteiger partial charge in [0.15, 0.2) is 0 Å². The fourth-order valence-electron chi connectivity index (χ4n) is 3.78. The average Bonchev–Trinajstić information content (AvgIpc) is 2.53. The van der Waals surface area contributed by atoms with E-state index < -0.39 is 18.0 Å². The molecule has 2 aliphatic rings. The van der Waals surface area contributed by atoms with Crippen molar-refractivity contribution in [2.75, 3.05) is 33.4 Å². The summed E-state index contributed by atoms with van der Waals surface area (Å²) < 4.78 is 43.9. The molecule has 8 heteroatoms. The van der Waals surface area contributed by atoms with E-state index in [0.29, 0.717) is 26.0 Å². The number of halogens is 4. The number of alkyl halides is 3. The van der Waals surface area contributed by atoms with Crippen LogP contribution in [0.4, 0.5) is 13.2 Å². The van der Waals surface area contributed by atoms with E-state index in [9.17, 15) is 18.0 Å². The smallest absolute Gasteiger partial charge is 0.384 e. The fraction of sp³-hybridized carbons (Fsp3) is 0.938. The van der Waals surface area contributed by atoms with Crippen molar-refractivity contribution in [1.29, 1.82) is 0 Å². The maximum Gasteiger partial charge on any atom is 0.391 e. The Kier molecular flexibility index (Phi) is 8.29. The molecule has 2 N–H and O–H groups in total. The second-order valence-corrected chi connectivity index (χ2v) is 7.00. The Hall–Kier alpha value is -0.530. The van der Waals surface area contributed by atoms with Gasteiger partial charge in [0.25, 0.3) is 0 Å². The van der Waals surface area contributed by atoms with Crippen molar-refractivity contribution in [2.24, 2.45) is 17.3 Å². The Labute approximate surface area is 147 Å². The molecule has 0 spiro atoms. The molecule has 24 heavy (non-hydrogen) atoms. The van der Waals surface area contributed by atoms with Gasteiger partial charge in [-0.3, -0.25) is 4.79 Å². The van der Waals surface area contributed by atoms with Crippen molar-refractivity contribution >= 4 is 18.3 Å². The first kappa shape index (κ1) is 21.5. The Morgan fingerprint density at radius 3 is 2.54 bits per heavy atom. The molecule has 2 unspecified atom stereocenters. The van der Waals surface area contributed by atoms with Crippen molar-refractivity contribution in [1.82, 2.24) is 10.6 Å². The first-order valence-corrected chi connectivity index (χ1v) is 8.40. The first-order chi connectivity index (χ1) is 10.9. The standard InChI is InChI=1S/C16H27F3N2O2.ClH/c1-23-11-15(5-7-20-8-6-15)10-21-14(22)12-3-2-4-13(9-12)16(17,18)19;/h12-13,20H,2-11H2,1H3,(H,21,22);1H. The van der Waals surface area contributed by atoms with Crippen LogP contribution in [-0.4, -0.2) is 45.4 Å². The van der Waals surface area contributed by atoms with Gasteiger partial charge in [0.1, 0.15) is 0 Å². The van der Waals surface area contributed by atoms with Crippen LogP contribution in [0.1, 0.15) is 38.5 Å². The zero-order chi connectivity index (χ0) is 16.9. The molecular formula is C16H28ClF3N2O2. The molecule has 2 atom stereocenters. The van der Waals surface area contributed by atoms with Gasteiger partial charge < -0.3 is 15.4 Å². The number of carbonyl (C=O) groups excluding carboxylic acids is 1. The Morgan fingerprint density at radius 2 is 1.96 bits per heavy atom. The average molecular weight is 373 g/mol. The number of amides is 1. The van der Waals surface area contributed by atoms with Gasteiger partial charge in [0, 0.05) is 25.0 Å². The van der Waals surface area contributed by atoms with Crippen molar-refractivity contribution in [3.05, 3.63) is 0 Å². The second kappa shape index (κ2) is 9.25. The van der Waals surface area contributed by atoms with Crippen molar-refractivity contribution in [3.63, 3.8) is 0 Å². The lowest BCUT2D eigenvalue weighted by Gasteiger charge is -2.38. The highest BCUT2D eigenvalue weighted by atomic mass is 35.5. The molecule has 2 rings (SSSR count). The lowest BCUT2D eigenvalue weighted by molar-refractivity contribution is -0.186. The number of ether oxygens (including phenoxy) is 1. The van der Waals surface area contributed by atoms with Crippen LogP contribution in [0.5, 0.6) is 0 Å². The third-order valence-electron chi connectivity index (χ3n) is 5.26. The summed E-state index contributed by atoms with van der Waals surface area (Å²) in [4.78, 5) is 12.3. The summed E-state index contributed by atoms with van der Waals surface area (Å²) in [7, 11) is 1.64. The topological polar surface area (TPSA) is 50.4 Å². The number of methoxy groups -OCH3 is 1. The highest BCUT2D eigenvalue weighted by Crippen LogP contribution is 2.40. The molecule has 0 bridgehead atoms. The molecule has 0 radical (unpaired) electrons. The van der Waals surface area contributed by atoms with Gasteiger partial charge in [-0.1, -0.05) is 6.42 Å². The monoisotopic (exact) mass is 372 g/mol. The van der Waals surface area contributed by atoms with Crippen molar-refractivity contribution in [3.8, 4) is 0 Å². The fourth-order valence-corrected chi connectivity index (χ4v) is 3.78. The van der Waals surface area contributed by atoms with Gasteiger partial charge in [-0.05, 0) is 45.2 Å². The molecule has 1 heterocycles. The summed E-state index contributed by atoms with van der Waals surface area (Å²) in [5.41, 5.74) is -0.103. The molecule has 1 aliphatic heterocycles. The number of nitrogens with one attached hydrogen (secondary N) is 2. The molecule has 1 aliphatic carbocycles. The van der Waals surface area contributed by atoms with Crippen LogP contribution in [0, 0.1) is 17.3 Å². The number of hydrogen-bond donors (Lipinski definition) is 2. The summed E-state index contributed by atoms with van der Waals surface area (Å²) in [5, 5.41) is 6.18. The van der Waals surface area contributed by atoms with Crippen LogP contribution in [0.15, 0.2) is 0 Å². The summed E-state index contributed by atoms with van der Waals surface area (Å²) in [5.74, 6) is -2.08. The second-order valence-electron chi connectivity index (χ2n) is 7.00. The van der Waals surface area contributed by atoms with E-state index in [2.05, 4.69) is 10.6 Å². The molecular weight excluding hydrogens is 345 g/mol. The van der Waals surface area contributed by atoms with Crippen molar-refractivity contribution in [2.45, 2.75) is 44.7 Å². The minimum atomic E-state index is -4.19. The van der Waals surface area contributed by atoms with Crippen LogP contribution in [-0.2, 0) is 9.53 Å². The van der Waals surface area contributed by atoms with Gasteiger partial charge >= 0.3 is 6.18 Å². The van der Waals surface area contributed by atoms with Crippen LogP contribution in [0.2, 0.25) is 0 Å². The predicted molar refractivity (Wildman–Crippen MR) is 88.2 cm³/mol. The van der Waals surface area contributed by atoms with Gasteiger partial charge in [0.2, 0.25) is 5.91 Å². The normalized spacial score (nSPS) is 27.2. The van der Waals surface area contributed by atoms with E-state index in [1.807, 2.05) is 0 Å². The SMILES string of the molecule is COCC1(CNC(=O)C2CCCC(C(F)(F)F)C2)CCNCC1.Cl. The largest absolute Gasteiger partial charge is 0.391 e. The summed E-state index contributed by atoms with van der Waals surface area (Å²) in [6.07, 6.45) is -1.30. The van der Waals surface area contributed by atoms with E-state index in [4.69, 9.17) is 4.74 Å². The molecule has 0 aromatic carbocycles. The van der Waals surface area contributed by atoms with Crippen molar-refractivity contribution < 1.29 is 22.7 Å². The Morgan fingerprint density at radius 1 is 1.29 bits per heavy atom. The summed E-state index contributed by atoms with van der Waals surface area (Å²) in [6.45, 7) is 2.79. The molecule has 0 aromatic rings. The molecule has 0 aromatic heterocycles. The Bertz CT molecular complexity index is 396. The lowest BCUT2D eigenvalue weighted by Crippen LogP contribution is -2.48. The molecule has 1 amide bonds. The quantitative estimate of drug-likeness (QED) is 0.780. The van der Waals surface area contributed by atoms with Crippen LogP contribution < -0.4 is 10.6 Å². The molecule has 4 nitrogen and oxygen atoms in total. The zero-order valence-corrected chi connectivity index (χ0v) is 14.9. The summed E-state index contributed by atoms with van der Waals surface area (Å²) >= 11 is 0. The van der Waals surface area contributed by atoms with Gasteiger partial charge in [-0.25, -0.2) is 0 Å². The van der Waals surface area contributed by atoms with Gasteiger partial charge in [-0.15, -0.1) is 12.4 Å². The van der Waals surface area contributed by atoms with E-state index in [-0.39, 0.29) is 36.6 Å². The third kappa shape index (κ3) is 5.77. The zero-order valence-electron chi connectivity index (χ0n) is 14.1. The van der Waals surface area contributed by atoms with Crippen LogP contribution in [0.25, 0.3) is 0 Å². The molecule has 1 saturated heterocycles. The number of rotatable bonds is 5. The molecule has 142 valence electrons. The maximum atomic E-state index is 12.9. The summed E-state index contributed by atoms with van der Waals surface area (Å²) in [6, 6.07) is 0. The lowest BCUT2D eigenvalue weighted by atomic mass is 9.78. The van der Waals surface area contributed by atoms with Gasteiger partial charge in [0.05, 0.1) is 12.5 Å². The van der Waals surface area contributed by atoms with E-state index >= 15 is 0 Å². The minimum absolute atomic E-state index is 0. The predicted octanol–water partition coefficient (Wildman–Crippen LogP) is 2.91. The maximum absolute atomic E-state index is 12.9. The third-order valence-corrected chi connectivity index (χ3v) is 5.26. The number of hydrogen-bond acceptors (Lipinski definition) is 3. The van der Waals surface area contributed by atoms with E-state index in [0.717, 1.165) is 25.9 Å². The Balaban J connectivity index is 0.00000288. The highest BCUT2D eigenvalue weighted by molar-refractivity contribution is 5.85. The number of carbonyl (C=O) groups is 1. The highest BCUT2D eigenvalue weighted by Gasteiger charge is 2.43. The first-order valence-electron chi connectivity index (χ1n) is 8.40. The van der Waals surface area contributed by atoms with E-state index in [1.54, 1.807) is 7.11 Å². The molecule has 1 saturated carbocycles. The molecule has 2 fully saturated rings. The van der Waals surface area contributed by atoms with E-state index in [1.165, 1.54) is 0 Å². The minimum Gasteiger partial charge on any atom is -0.384 e. The van der Waals surface area contributed by atoms with Crippen LogP contribution >= 0.6 is 12.4 Å². The van der Waals surface area contributed by atoms with Gasteiger partial charge in [-0.2, -0.15) is 13.2 Å². The number of piperidine rings is 1. The van der Waals surface area contributed by atoms with Crippen LogP contribution in [0.3, 0.4) is 0 Å².